The number of aromatic amines is 1. The number of tetrazole rings is 1. The first kappa shape index (κ1) is 20.1. The molecule has 0 aliphatic heterocycles. The summed E-state index contributed by atoms with van der Waals surface area (Å²) in [6.07, 6.45) is 0. The summed E-state index contributed by atoms with van der Waals surface area (Å²) in [5.41, 5.74) is 3.74. The van der Waals surface area contributed by atoms with Crippen molar-refractivity contribution < 1.29 is 0 Å². The Kier molecular flexibility index (Phi) is 5.56. The molecule has 154 valence electrons. The molecule has 0 radical (unpaired) electrons. The van der Waals surface area contributed by atoms with Crippen molar-refractivity contribution in [1.29, 1.82) is 0 Å². The van der Waals surface area contributed by atoms with E-state index < -0.39 is 0 Å². The van der Waals surface area contributed by atoms with Gasteiger partial charge in [-0.25, -0.2) is 9.67 Å². The van der Waals surface area contributed by atoms with Gasteiger partial charge in [0, 0.05) is 0 Å². The van der Waals surface area contributed by atoms with Crippen LogP contribution in [-0.2, 0) is 13.2 Å². The van der Waals surface area contributed by atoms with E-state index in [0.29, 0.717) is 34.7 Å². The van der Waals surface area contributed by atoms with Gasteiger partial charge in [-0.2, -0.15) is 4.68 Å². The summed E-state index contributed by atoms with van der Waals surface area (Å²) < 4.78 is 3.87. The average molecular weight is 422 g/mol. The zero-order chi connectivity index (χ0) is 21.3. The lowest BCUT2D eigenvalue weighted by Crippen LogP contribution is -2.28. The van der Waals surface area contributed by atoms with Crippen LogP contribution >= 0.6 is 12.2 Å². The van der Waals surface area contributed by atoms with Crippen LogP contribution in [0.3, 0.4) is 0 Å². The molecular weight excluding hydrogens is 398 g/mol. The number of hydrogen-bond donors (Lipinski definition) is 1. The highest BCUT2D eigenvalue weighted by Gasteiger charge is 2.13. The van der Waals surface area contributed by atoms with Gasteiger partial charge >= 0.3 is 0 Å². The molecule has 0 aliphatic carbocycles. The smallest absolute Gasteiger partial charge is 0.258 e. The second-order valence-corrected chi connectivity index (χ2v) is 7.64. The Balaban J connectivity index is 1.58. The van der Waals surface area contributed by atoms with Crippen LogP contribution < -0.4 is 5.56 Å². The maximum atomic E-state index is 12.3. The number of benzene rings is 2. The Morgan fingerprint density at radius 3 is 2.70 bits per heavy atom. The fourth-order valence-corrected chi connectivity index (χ4v) is 3.66. The lowest BCUT2D eigenvalue weighted by atomic mass is 10.1. The number of hydrogen-bond acceptors (Lipinski definition) is 6. The first-order valence-electron chi connectivity index (χ1n) is 9.77. The molecule has 2 aromatic heterocycles. The first-order chi connectivity index (χ1) is 14.5. The van der Waals surface area contributed by atoms with Gasteiger partial charge in [-0.1, -0.05) is 36.8 Å². The van der Waals surface area contributed by atoms with Crippen LogP contribution in [0.4, 0.5) is 0 Å². The summed E-state index contributed by atoms with van der Waals surface area (Å²) in [6, 6.07) is 13.4. The van der Waals surface area contributed by atoms with Crippen molar-refractivity contribution in [2.24, 2.45) is 0 Å². The van der Waals surface area contributed by atoms with Crippen molar-refractivity contribution in [2.45, 2.75) is 34.0 Å². The van der Waals surface area contributed by atoms with Crippen molar-refractivity contribution in [3.8, 4) is 5.69 Å². The quantitative estimate of drug-likeness (QED) is 0.482. The van der Waals surface area contributed by atoms with E-state index in [2.05, 4.69) is 38.3 Å². The van der Waals surface area contributed by atoms with E-state index in [1.165, 1.54) is 5.56 Å². The van der Waals surface area contributed by atoms with E-state index in [4.69, 9.17) is 12.2 Å². The zero-order valence-corrected chi connectivity index (χ0v) is 18.0. The number of aromatic nitrogens is 6. The molecule has 0 saturated heterocycles. The molecule has 0 saturated carbocycles. The number of fused-ring (bicyclic) bond motifs is 1. The van der Waals surface area contributed by atoms with Crippen molar-refractivity contribution in [1.82, 2.24) is 34.7 Å². The normalized spacial score (nSPS) is 11.5. The second kappa shape index (κ2) is 8.29. The van der Waals surface area contributed by atoms with Crippen LogP contribution in [0, 0.1) is 18.6 Å². The van der Waals surface area contributed by atoms with Gasteiger partial charge in [0.15, 0.2) is 0 Å². The van der Waals surface area contributed by atoms with Crippen LogP contribution in [0.15, 0.2) is 47.3 Å². The van der Waals surface area contributed by atoms with Gasteiger partial charge < -0.3 is 4.98 Å². The topological polar surface area (TPSA) is 84.6 Å². The van der Waals surface area contributed by atoms with E-state index in [1.807, 2.05) is 44.2 Å². The molecule has 0 atom stereocenters. The summed E-state index contributed by atoms with van der Waals surface area (Å²) in [7, 11) is 0. The number of nitrogens with zero attached hydrogens (tertiary/aromatic N) is 6. The highest BCUT2D eigenvalue weighted by atomic mass is 32.1. The van der Waals surface area contributed by atoms with Gasteiger partial charge in [-0.3, -0.25) is 9.69 Å². The lowest BCUT2D eigenvalue weighted by Gasteiger charge is -2.19. The Labute approximate surface area is 178 Å². The molecule has 4 rings (SSSR count). The Morgan fingerprint density at radius 2 is 1.93 bits per heavy atom. The van der Waals surface area contributed by atoms with Gasteiger partial charge in [-0.05, 0) is 66.8 Å². The van der Waals surface area contributed by atoms with Gasteiger partial charge in [0.2, 0.25) is 4.77 Å². The third-order valence-corrected chi connectivity index (χ3v) is 5.42. The summed E-state index contributed by atoms with van der Waals surface area (Å²) >= 11 is 5.62. The van der Waals surface area contributed by atoms with E-state index in [9.17, 15) is 4.79 Å². The van der Waals surface area contributed by atoms with Crippen LogP contribution in [0.2, 0.25) is 0 Å². The third-order valence-electron chi connectivity index (χ3n) is 5.04. The minimum atomic E-state index is -0.135. The summed E-state index contributed by atoms with van der Waals surface area (Å²) in [5.74, 6) is 0.605. The van der Waals surface area contributed by atoms with Crippen molar-refractivity contribution in [2.75, 3.05) is 6.54 Å². The first-order valence-corrected chi connectivity index (χ1v) is 10.2. The molecular formula is C21H23N7OS. The molecule has 0 bridgehead atoms. The minimum Gasteiger partial charge on any atom is -0.309 e. The van der Waals surface area contributed by atoms with Crippen molar-refractivity contribution >= 4 is 23.1 Å². The summed E-state index contributed by atoms with van der Waals surface area (Å²) in [4.78, 5) is 21.9. The molecule has 9 heteroatoms. The average Bonchev–Trinajstić information content (AvgIpc) is 3.07. The van der Waals surface area contributed by atoms with Crippen LogP contribution in [0.5, 0.6) is 0 Å². The number of H-pyrrole nitrogens is 1. The number of aryl methyl sites for hydroxylation is 2. The molecule has 2 aromatic carbocycles. The monoisotopic (exact) mass is 421 g/mol. The maximum absolute atomic E-state index is 12.3. The van der Waals surface area contributed by atoms with Crippen molar-refractivity contribution in [3.63, 3.8) is 0 Å². The summed E-state index contributed by atoms with van der Waals surface area (Å²) in [6.45, 7) is 7.76. The largest absolute Gasteiger partial charge is 0.309 e. The Hall–Kier alpha value is -3.17. The van der Waals surface area contributed by atoms with E-state index >= 15 is 0 Å². The highest BCUT2D eigenvalue weighted by molar-refractivity contribution is 7.71. The molecule has 0 spiro atoms. The number of para-hydroxylation sites is 1. The minimum absolute atomic E-state index is 0.135. The van der Waals surface area contributed by atoms with Crippen LogP contribution in [0.25, 0.3) is 16.6 Å². The summed E-state index contributed by atoms with van der Waals surface area (Å²) in [5, 5.41) is 9.08. The Morgan fingerprint density at radius 1 is 1.13 bits per heavy atom. The molecule has 0 fully saturated rings. The number of rotatable bonds is 6. The fourth-order valence-electron chi connectivity index (χ4n) is 3.43. The Bertz CT molecular complexity index is 1320. The van der Waals surface area contributed by atoms with E-state index in [1.54, 1.807) is 15.4 Å². The molecule has 4 aromatic rings. The lowest BCUT2D eigenvalue weighted by molar-refractivity contribution is 0.201. The highest BCUT2D eigenvalue weighted by Crippen LogP contribution is 2.15. The van der Waals surface area contributed by atoms with Gasteiger partial charge in [0.1, 0.15) is 5.82 Å². The number of nitrogens with one attached hydrogen (secondary N) is 1. The second-order valence-electron chi connectivity index (χ2n) is 7.28. The predicted octanol–water partition coefficient (Wildman–Crippen LogP) is 3.13. The van der Waals surface area contributed by atoms with E-state index in [-0.39, 0.29) is 5.56 Å². The van der Waals surface area contributed by atoms with Gasteiger partial charge in [0.05, 0.1) is 29.8 Å². The van der Waals surface area contributed by atoms with Crippen LogP contribution in [-0.4, -0.2) is 41.2 Å². The van der Waals surface area contributed by atoms with Gasteiger partial charge in [-0.15, -0.1) is 0 Å². The molecule has 0 aliphatic rings. The van der Waals surface area contributed by atoms with Crippen LogP contribution in [0.1, 0.15) is 23.9 Å². The molecule has 8 nitrogen and oxygen atoms in total. The SMILES string of the molecule is CCN(Cc1nc2ccccc2c(=O)[nH]1)Cn1nnn(-c2ccc(C)cc2C)c1=S. The molecule has 0 unspecified atom stereocenters. The predicted molar refractivity (Wildman–Crippen MR) is 118 cm³/mol. The third kappa shape index (κ3) is 3.94. The zero-order valence-electron chi connectivity index (χ0n) is 17.2. The maximum Gasteiger partial charge on any atom is 0.258 e. The molecule has 1 N–H and O–H groups in total. The van der Waals surface area contributed by atoms with Gasteiger partial charge in [0.25, 0.3) is 5.56 Å². The molecule has 30 heavy (non-hydrogen) atoms. The molecule has 2 heterocycles. The van der Waals surface area contributed by atoms with E-state index in [0.717, 1.165) is 17.8 Å². The fraction of sp³-hybridized carbons (Fsp3) is 0.286. The van der Waals surface area contributed by atoms with Crippen molar-refractivity contribution in [3.05, 3.63) is 74.5 Å². The standard InChI is InChI=1S/C21H23N7OS/c1-4-26(12-19-22-17-8-6-5-7-16(17)20(29)23-19)13-27-21(30)28(25-24-27)18-10-9-14(2)11-15(18)3/h5-11H,4,12-13H2,1-3H3,(H,22,23,29). The molecule has 0 amide bonds.